The van der Waals surface area contributed by atoms with Crippen LogP contribution in [0.5, 0.6) is 0 Å². The topological polar surface area (TPSA) is 71.0 Å². The smallest absolute Gasteiger partial charge is 0.225 e. The zero-order valence-corrected chi connectivity index (χ0v) is 14.1. The Balaban J connectivity index is 1.80. The number of carbonyl (C=O) groups excluding carboxylic acids is 1. The number of likely N-dealkylation sites (tertiary alicyclic amines) is 1. The van der Waals surface area contributed by atoms with E-state index >= 15 is 0 Å². The number of anilines is 2. The number of nitrogens with zero attached hydrogens (tertiary/aromatic N) is 4. The van der Waals surface area contributed by atoms with E-state index in [2.05, 4.69) is 20.3 Å². The molecule has 1 N–H and O–H groups in total. The normalized spacial score (nSPS) is 17.8. The van der Waals surface area contributed by atoms with Crippen LogP contribution >= 0.6 is 0 Å². The van der Waals surface area contributed by atoms with Crippen LogP contribution in [0.1, 0.15) is 38.3 Å². The molecule has 1 unspecified atom stereocenters. The highest BCUT2D eigenvalue weighted by molar-refractivity contribution is 5.78. The van der Waals surface area contributed by atoms with E-state index in [0.29, 0.717) is 6.54 Å². The summed E-state index contributed by atoms with van der Waals surface area (Å²) in [5.74, 6) is 1.89. The average Bonchev–Trinajstić information content (AvgIpc) is 2.62. The zero-order chi connectivity index (χ0) is 16.9. The van der Waals surface area contributed by atoms with Gasteiger partial charge in [0.15, 0.2) is 5.82 Å². The van der Waals surface area contributed by atoms with Crippen LogP contribution < -0.4 is 5.32 Å². The van der Waals surface area contributed by atoms with Gasteiger partial charge >= 0.3 is 0 Å². The molecule has 0 aromatic carbocycles. The highest BCUT2D eigenvalue weighted by Crippen LogP contribution is 2.30. The Bertz CT molecular complexity index is 689. The van der Waals surface area contributed by atoms with Gasteiger partial charge in [-0.05, 0) is 25.0 Å². The Morgan fingerprint density at radius 3 is 2.79 bits per heavy atom. The first-order chi connectivity index (χ1) is 11.6. The first-order valence-electron chi connectivity index (χ1n) is 8.43. The molecule has 2 aromatic rings. The molecule has 1 saturated heterocycles. The molecular weight excluding hydrogens is 302 g/mol. The van der Waals surface area contributed by atoms with Gasteiger partial charge in [0.1, 0.15) is 5.82 Å². The molecule has 1 amide bonds. The van der Waals surface area contributed by atoms with Crippen LogP contribution in [-0.4, -0.2) is 38.8 Å². The van der Waals surface area contributed by atoms with E-state index in [-0.39, 0.29) is 17.7 Å². The molecule has 0 bridgehead atoms. The molecule has 6 heteroatoms. The van der Waals surface area contributed by atoms with Crippen LogP contribution in [0.4, 0.5) is 11.6 Å². The number of carbonyl (C=O) groups is 1. The van der Waals surface area contributed by atoms with Crippen molar-refractivity contribution in [3.8, 4) is 0 Å². The van der Waals surface area contributed by atoms with E-state index in [1.807, 2.05) is 36.9 Å². The van der Waals surface area contributed by atoms with Crippen LogP contribution in [0, 0.1) is 5.92 Å². The molecule has 0 saturated carbocycles. The predicted octanol–water partition coefficient (Wildman–Crippen LogP) is 2.98. The van der Waals surface area contributed by atoms with Crippen LogP contribution in [-0.2, 0) is 4.79 Å². The second-order valence-electron chi connectivity index (χ2n) is 6.41. The van der Waals surface area contributed by atoms with Crippen molar-refractivity contribution < 1.29 is 4.79 Å². The molecule has 3 heterocycles. The minimum absolute atomic E-state index is 0.0247. The number of hydrogen-bond donors (Lipinski definition) is 1. The molecule has 1 aliphatic heterocycles. The Morgan fingerprint density at radius 2 is 2.04 bits per heavy atom. The molecule has 126 valence electrons. The van der Waals surface area contributed by atoms with Crippen LogP contribution in [0.3, 0.4) is 0 Å². The van der Waals surface area contributed by atoms with E-state index in [4.69, 9.17) is 0 Å². The first kappa shape index (κ1) is 16.4. The van der Waals surface area contributed by atoms with Crippen LogP contribution in [0.25, 0.3) is 0 Å². The molecule has 0 spiro atoms. The maximum Gasteiger partial charge on any atom is 0.225 e. The number of hydrogen-bond acceptors (Lipinski definition) is 5. The van der Waals surface area contributed by atoms with E-state index in [1.165, 1.54) is 0 Å². The summed E-state index contributed by atoms with van der Waals surface area (Å²) in [4.78, 5) is 27.5. The van der Waals surface area contributed by atoms with E-state index < -0.39 is 0 Å². The monoisotopic (exact) mass is 325 g/mol. The minimum Gasteiger partial charge on any atom is -0.342 e. The van der Waals surface area contributed by atoms with Crippen molar-refractivity contribution in [1.29, 1.82) is 0 Å². The lowest BCUT2D eigenvalue weighted by molar-refractivity contribution is -0.135. The highest BCUT2D eigenvalue weighted by atomic mass is 16.2. The van der Waals surface area contributed by atoms with Crippen molar-refractivity contribution in [3.63, 3.8) is 0 Å². The Hall–Kier alpha value is -2.50. The minimum atomic E-state index is 0.0247. The van der Waals surface area contributed by atoms with Gasteiger partial charge in [-0.3, -0.25) is 9.78 Å². The van der Waals surface area contributed by atoms with Crippen LogP contribution in [0.2, 0.25) is 0 Å². The lowest BCUT2D eigenvalue weighted by Crippen LogP contribution is -2.41. The summed E-state index contributed by atoms with van der Waals surface area (Å²) in [7, 11) is 0. The predicted molar refractivity (Wildman–Crippen MR) is 92.9 cm³/mol. The summed E-state index contributed by atoms with van der Waals surface area (Å²) in [6.45, 7) is 5.42. The molecule has 0 radical (unpaired) electrons. The summed E-state index contributed by atoms with van der Waals surface area (Å²) in [6.07, 6.45) is 7.12. The number of pyridine rings is 1. The quantitative estimate of drug-likeness (QED) is 0.936. The van der Waals surface area contributed by atoms with E-state index in [9.17, 15) is 4.79 Å². The van der Waals surface area contributed by atoms with Gasteiger partial charge in [0, 0.05) is 43.5 Å². The molecular formula is C18H23N5O. The van der Waals surface area contributed by atoms with Gasteiger partial charge in [0.25, 0.3) is 0 Å². The third-order valence-electron chi connectivity index (χ3n) is 4.25. The molecule has 6 nitrogen and oxygen atoms in total. The summed E-state index contributed by atoms with van der Waals surface area (Å²) in [5, 5.41) is 3.25. The Kier molecular flexibility index (Phi) is 5.03. The zero-order valence-electron chi connectivity index (χ0n) is 14.1. The van der Waals surface area contributed by atoms with E-state index in [0.717, 1.165) is 36.7 Å². The fourth-order valence-electron chi connectivity index (χ4n) is 3.07. The van der Waals surface area contributed by atoms with Crippen molar-refractivity contribution in [2.24, 2.45) is 5.92 Å². The van der Waals surface area contributed by atoms with Gasteiger partial charge < -0.3 is 10.2 Å². The molecule has 24 heavy (non-hydrogen) atoms. The first-order valence-corrected chi connectivity index (χ1v) is 8.43. The summed E-state index contributed by atoms with van der Waals surface area (Å²) >= 11 is 0. The van der Waals surface area contributed by atoms with Gasteiger partial charge in [-0.2, -0.15) is 0 Å². The maximum absolute atomic E-state index is 12.3. The maximum atomic E-state index is 12.3. The standard InChI is InChI=1S/C18H23N5O/c1-13(2)18(24)23-11-5-6-14(12-23)16-17(21-10-9-20-16)22-15-7-3-4-8-19-15/h3-4,7-10,13-14H,5-6,11-12H2,1-2H3,(H,19,21,22). The molecule has 3 rings (SSSR count). The van der Waals surface area contributed by atoms with Gasteiger partial charge in [0.2, 0.25) is 5.91 Å². The molecule has 1 fully saturated rings. The molecule has 1 atom stereocenters. The third kappa shape index (κ3) is 3.69. The van der Waals surface area contributed by atoms with Gasteiger partial charge in [0.05, 0.1) is 5.69 Å². The number of nitrogens with one attached hydrogen (secondary N) is 1. The van der Waals surface area contributed by atoms with E-state index in [1.54, 1.807) is 18.6 Å². The number of aromatic nitrogens is 3. The number of amides is 1. The molecule has 0 aliphatic carbocycles. The Morgan fingerprint density at radius 1 is 1.21 bits per heavy atom. The Labute approximate surface area is 142 Å². The largest absolute Gasteiger partial charge is 0.342 e. The fraction of sp³-hybridized carbons (Fsp3) is 0.444. The van der Waals surface area contributed by atoms with Crippen molar-refractivity contribution in [2.75, 3.05) is 18.4 Å². The van der Waals surface area contributed by atoms with Crippen LogP contribution in [0.15, 0.2) is 36.8 Å². The van der Waals surface area contributed by atoms with Gasteiger partial charge in [-0.25, -0.2) is 9.97 Å². The summed E-state index contributed by atoms with van der Waals surface area (Å²) in [5.41, 5.74) is 0.907. The second-order valence-corrected chi connectivity index (χ2v) is 6.41. The average molecular weight is 325 g/mol. The lowest BCUT2D eigenvalue weighted by atomic mass is 9.93. The molecule has 2 aromatic heterocycles. The van der Waals surface area contributed by atoms with Gasteiger partial charge in [-0.15, -0.1) is 0 Å². The number of piperidine rings is 1. The van der Waals surface area contributed by atoms with Gasteiger partial charge in [-0.1, -0.05) is 19.9 Å². The van der Waals surface area contributed by atoms with Crippen molar-refractivity contribution in [3.05, 3.63) is 42.5 Å². The highest BCUT2D eigenvalue weighted by Gasteiger charge is 2.28. The van der Waals surface area contributed by atoms with Crippen molar-refractivity contribution in [2.45, 2.75) is 32.6 Å². The third-order valence-corrected chi connectivity index (χ3v) is 4.25. The number of rotatable bonds is 4. The SMILES string of the molecule is CC(C)C(=O)N1CCCC(c2nccnc2Nc2ccccn2)C1. The summed E-state index contributed by atoms with van der Waals surface area (Å²) in [6, 6.07) is 5.70. The van der Waals surface area contributed by atoms with Crippen molar-refractivity contribution >= 4 is 17.5 Å². The molecule has 1 aliphatic rings. The summed E-state index contributed by atoms with van der Waals surface area (Å²) < 4.78 is 0. The second kappa shape index (κ2) is 7.38. The lowest BCUT2D eigenvalue weighted by Gasteiger charge is -2.34. The fourth-order valence-corrected chi connectivity index (χ4v) is 3.07. The van der Waals surface area contributed by atoms with Crippen molar-refractivity contribution in [1.82, 2.24) is 19.9 Å².